The summed E-state index contributed by atoms with van der Waals surface area (Å²) in [6, 6.07) is 8.02. The smallest absolute Gasteiger partial charge is 0.220 e. The summed E-state index contributed by atoms with van der Waals surface area (Å²) in [5.74, 6) is 2.11. The summed E-state index contributed by atoms with van der Waals surface area (Å²) in [5, 5.41) is 6.46. The van der Waals surface area contributed by atoms with Crippen LogP contribution in [0.15, 0.2) is 24.3 Å². The van der Waals surface area contributed by atoms with Crippen LogP contribution in [0.5, 0.6) is 5.75 Å². The van der Waals surface area contributed by atoms with Crippen LogP contribution in [0.25, 0.3) is 0 Å². The monoisotopic (exact) mass is 461 g/mol. The molecule has 0 spiro atoms. The van der Waals surface area contributed by atoms with E-state index in [0.717, 1.165) is 57.3 Å². The van der Waals surface area contributed by atoms with Crippen molar-refractivity contribution in [1.29, 1.82) is 0 Å². The first kappa shape index (κ1) is 27.0. The third-order valence-corrected chi connectivity index (χ3v) is 5.86. The van der Waals surface area contributed by atoms with Gasteiger partial charge in [0, 0.05) is 32.6 Å². The standard InChI is InChI=1S/C22H35N3O3.2ClH/c1-18(20-5-7-23-8-6-20)15-22(26)24-17-19-3-2-4-21(16-19)28-14-11-25-9-12-27-13-10-25;;/h2-4,16,18,20,23H,5-15,17H2,1H3,(H,24,26);2*1H. The fourth-order valence-corrected chi connectivity index (χ4v) is 4.01. The minimum atomic E-state index is 0. The molecule has 1 amide bonds. The SMILES string of the molecule is CC(CC(=O)NCc1cccc(OCCN2CCOCC2)c1)C1CCNCC1.Cl.Cl. The fraction of sp³-hybridized carbons (Fsp3) is 0.682. The number of carbonyl (C=O) groups is 1. The summed E-state index contributed by atoms with van der Waals surface area (Å²) in [6.07, 6.45) is 2.97. The first-order valence-corrected chi connectivity index (χ1v) is 10.7. The summed E-state index contributed by atoms with van der Waals surface area (Å²) in [7, 11) is 0. The largest absolute Gasteiger partial charge is 0.492 e. The molecule has 1 unspecified atom stereocenters. The van der Waals surface area contributed by atoms with Gasteiger partial charge in [0.05, 0.1) is 13.2 Å². The number of hydrogen-bond donors (Lipinski definition) is 2. The highest BCUT2D eigenvalue weighted by Crippen LogP contribution is 2.24. The van der Waals surface area contributed by atoms with E-state index in [1.807, 2.05) is 24.3 Å². The van der Waals surface area contributed by atoms with Gasteiger partial charge in [0.15, 0.2) is 0 Å². The van der Waals surface area contributed by atoms with Crippen molar-refractivity contribution < 1.29 is 14.3 Å². The molecule has 172 valence electrons. The highest BCUT2D eigenvalue weighted by atomic mass is 35.5. The van der Waals surface area contributed by atoms with Gasteiger partial charge in [-0.2, -0.15) is 0 Å². The molecule has 2 aliphatic heterocycles. The second-order valence-electron chi connectivity index (χ2n) is 8.00. The molecule has 2 fully saturated rings. The van der Waals surface area contributed by atoms with Crippen LogP contribution in [-0.2, 0) is 16.1 Å². The molecule has 0 bridgehead atoms. The van der Waals surface area contributed by atoms with Crippen molar-refractivity contribution in [2.75, 3.05) is 52.5 Å². The van der Waals surface area contributed by atoms with Gasteiger partial charge >= 0.3 is 0 Å². The van der Waals surface area contributed by atoms with Crippen LogP contribution < -0.4 is 15.4 Å². The van der Waals surface area contributed by atoms with Crippen LogP contribution >= 0.6 is 24.8 Å². The van der Waals surface area contributed by atoms with Crippen molar-refractivity contribution in [3.63, 3.8) is 0 Å². The molecule has 1 aromatic carbocycles. The normalized spacial score (nSPS) is 18.6. The van der Waals surface area contributed by atoms with E-state index in [1.54, 1.807) is 0 Å². The Balaban J connectivity index is 0.00000225. The number of rotatable bonds is 9. The van der Waals surface area contributed by atoms with Gasteiger partial charge in [-0.25, -0.2) is 0 Å². The Morgan fingerprint density at radius 1 is 1.27 bits per heavy atom. The Hall–Kier alpha value is -1.05. The molecule has 2 heterocycles. The lowest BCUT2D eigenvalue weighted by molar-refractivity contribution is -0.122. The van der Waals surface area contributed by atoms with Crippen LogP contribution in [0.4, 0.5) is 0 Å². The molecule has 2 saturated heterocycles. The van der Waals surface area contributed by atoms with Crippen molar-refractivity contribution in [2.24, 2.45) is 11.8 Å². The molecule has 0 aromatic heterocycles. The van der Waals surface area contributed by atoms with E-state index in [0.29, 0.717) is 31.4 Å². The summed E-state index contributed by atoms with van der Waals surface area (Å²) in [6.45, 7) is 10.1. The molecule has 2 aliphatic rings. The molecule has 2 N–H and O–H groups in total. The predicted octanol–water partition coefficient (Wildman–Crippen LogP) is 2.88. The Bertz CT molecular complexity index is 609. The quantitative estimate of drug-likeness (QED) is 0.591. The third-order valence-electron chi connectivity index (χ3n) is 5.86. The molecular weight excluding hydrogens is 425 g/mol. The molecule has 3 rings (SSSR count). The van der Waals surface area contributed by atoms with Gasteiger partial charge in [-0.3, -0.25) is 9.69 Å². The number of amides is 1. The Morgan fingerprint density at radius 3 is 2.73 bits per heavy atom. The summed E-state index contributed by atoms with van der Waals surface area (Å²) in [5.41, 5.74) is 1.08. The zero-order valence-electron chi connectivity index (χ0n) is 17.9. The van der Waals surface area contributed by atoms with E-state index < -0.39 is 0 Å². The maximum absolute atomic E-state index is 12.3. The van der Waals surface area contributed by atoms with Gasteiger partial charge in [0.1, 0.15) is 12.4 Å². The van der Waals surface area contributed by atoms with Crippen molar-refractivity contribution in [2.45, 2.75) is 32.7 Å². The van der Waals surface area contributed by atoms with E-state index in [9.17, 15) is 4.79 Å². The van der Waals surface area contributed by atoms with Gasteiger partial charge in [-0.05, 0) is 55.5 Å². The van der Waals surface area contributed by atoms with Crippen LogP contribution in [-0.4, -0.2) is 63.4 Å². The Morgan fingerprint density at radius 2 is 2.00 bits per heavy atom. The van der Waals surface area contributed by atoms with Gasteiger partial charge < -0.3 is 20.1 Å². The van der Waals surface area contributed by atoms with Crippen molar-refractivity contribution in [3.8, 4) is 5.75 Å². The average molecular weight is 462 g/mol. The lowest BCUT2D eigenvalue weighted by Gasteiger charge is -2.27. The van der Waals surface area contributed by atoms with Crippen LogP contribution in [0.2, 0.25) is 0 Å². The number of morpholine rings is 1. The van der Waals surface area contributed by atoms with E-state index in [2.05, 4.69) is 22.5 Å². The molecule has 1 aromatic rings. The summed E-state index contributed by atoms with van der Waals surface area (Å²) < 4.78 is 11.3. The zero-order chi connectivity index (χ0) is 19.6. The van der Waals surface area contributed by atoms with Crippen LogP contribution in [0.1, 0.15) is 31.7 Å². The first-order chi connectivity index (χ1) is 13.7. The average Bonchev–Trinajstić information content (AvgIpc) is 2.74. The van der Waals surface area contributed by atoms with Gasteiger partial charge in [-0.1, -0.05) is 19.1 Å². The second kappa shape index (κ2) is 14.9. The first-order valence-electron chi connectivity index (χ1n) is 10.7. The van der Waals surface area contributed by atoms with Crippen LogP contribution in [0.3, 0.4) is 0 Å². The Labute approximate surface area is 193 Å². The minimum absolute atomic E-state index is 0. The number of ether oxygens (including phenoxy) is 2. The lowest BCUT2D eigenvalue weighted by atomic mass is 9.84. The van der Waals surface area contributed by atoms with Crippen molar-refractivity contribution in [3.05, 3.63) is 29.8 Å². The third kappa shape index (κ3) is 9.40. The summed E-state index contributed by atoms with van der Waals surface area (Å²) >= 11 is 0. The van der Waals surface area contributed by atoms with E-state index >= 15 is 0 Å². The molecule has 30 heavy (non-hydrogen) atoms. The molecule has 1 atom stereocenters. The molecule has 0 radical (unpaired) electrons. The number of hydrogen-bond acceptors (Lipinski definition) is 5. The molecule has 0 aliphatic carbocycles. The van der Waals surface area contributed by atoms with Crippen molar-refractivity contribution in [1.82, 2.24) is 15.5 Å². The molecule has 0 saturated carbocycles. The molecular formula is C22H37Cl2N3O3. The molecule has 8 heteroatoms. The minimum Gasteiger partial charge on any atom is -0.492 e. The van der Waals surface area contributed by atoms with Gasteiger partial charge in [0.2, 0.25) is 5.91 Å². The van der Waals surface area contributed by atoms with E-state index in [1.165, 1.54) is 12.8 Å². The predicted molar refractivity (Wildman–Crippen MR) is 125 cm³/mol. The van der Waals surface area contributed by atoms with E-state index in [4.69, 9.17) is 9.47 Å². The number of nitrogens with one attached hydrogen (secondary N) is 2. The maximum Gasteiger partial charge on any atom is 0.220 e. The maximum atomic E-state index is 12.3. The highest BCUT2D eigenvalue weighted by molar-refractivity contribution is 5.85. The second-order valence-corrected chi connectivity index (χ2v) is 8.00. The van der Waals surface area contributed by atoms with E-state index in [-0.39, 0.29) is 30.7 Å². The zero-order valence-corrected chi connectivity index (χ0v) is 19.6. The van der Waals surface area contributed by atoms with Crippen LogP contribution in [0, 0.1) is 11.8 Å². The highest BCUT2D eigenvalue weighted by Gasteiger charge is 2.21. The topological polar surface area (TPSA) is 62.8 Å². The summed E-state index contributed by atoms with van der Waals surface area (Å²) in [4.78, 5) is 14.7. The van der Waals surface area contributed by atoms with Gasteiger partial charge in [0.25, 0.3) is 0 Å². The number of nitrogens with zero attached hydrogens (tertiary/aromatic N) is 1. The number of halogens is 2. The number of benzene rings is 1. The number of piperidine rings is 1. The lowest BCUT2D eigenvalue weighted by Crippen LogP contribution is -2.38. The van der Waals surface area contributed by atoms with Crippen molar-refractivity contribution >= 4 is 30.7 Å². The fourth-order valence-electron chi connectivity index (χ4n) is 4.01. The Kier molecular flexibility index (Phi) is 13.4. The number of carbonyl (C=O) groups excluding carboxylic acids is 1. The molecule has 6 nitrogen and oxygen atoms in total. The van der Waals surface area contributed by atoms with Gasteiger partial charge in [-0.15, -0.1) is 24.8 Å².